The van der Waals surface area contributed by atoms with Crippen LogP contribution in [0.2, 0.25) is 0 Å². The highest BCUT2D eigenvalue weighted by atomic mass is 32.1. The summed E-state index contributed by atoms with van der Waals surface area (Å²) < 4.78 is 0. The maximum absolute atomic E-state index is 11.1. The molecule has 1 amide bonds. The summed E-state index contributed by atoms with van der Waals surface area (Å²) >= 11 is 1.55. The van der Waals surface area contributed by atoms with Crippen LogP contribution in [0.25, 0.3) is 11.3 Å². The van der Waals surface area contributed by atoms with Crippen molar-refractivity contribution in [3.8, 4) is 11.3 Å². The molecule has 0 aliphatic heterocycles. The average Bonchev–Trinajstić information content (AvgIpc) is 2.96. The lowest BCUT2D eigenvalue weighted by Crippen LogP contribution is -2.05. The van der Waals surface area contributed by atoms with Crippen LogP contribution < -0.4 is 10.6 Å². The molecule has 2 N–H and O–H groups in total. The molecule has 0 saturated carbocycles. The number of hydrogen-bond acceptors (Lipinski definition) is 4. The number of thiazole rings is 1. The first-order chi connectivity index (χ1) is 10.7. The van der Waals surface area contributed by atoms with Crippen molar-refractivity contribution in [2.24, 2.45) is 0 Å². The molecule has 0 unspecified atom stereocenters. The number of aromatic nitrogens is 1. The molecule has 0 aliphatic carbocycles. The van der Waals surface area contributed by atoms with Gasteiger partial charge >= 0.3 is 0 Å². The van der Waals surface area contributed by atoms with Gasteiger partial charge in [-0.25, -0.2) is 4.98 Å². The van der Waals surface area contributed by atoms with E-state index in [9.17, 15) is 4.79 Å². The summed E-state index contributed by atoms with van der Waals surface area (Å²) in [6.07, 6.45) is 0. The second-order valence-electron chi connectivity index (χ2n) is 4.79. The minimum atomic E-state index is -0.0854. The lowest BCUT2D eigenvalue weighted by atomic mass is 10.2. The Labute approximate surface area is 132 Å². The van der Waals surface area contributed by atoms with E-state index in [1.807, 2.05) is 60.0 Å². The number of nitrogens with one attached hydrogen (secondary N) is 2. The third-order valence-electron chi connectivity index (χ3n) is 3.01. The highest BCUT2D eigenvalue weighted by molar-refractivity contribution is 7.14. The summed E-state index contributed by atoms with van der Waals surface area (Å²) in [4.78, 5) is 15.7. The van der Waals surface area contributed by atoms with Gasteiger partial charge in [0, 0.05) is 29.2 Å². The number of amides is 1. The van der Waals surface area contributed by atoms with Crippen LogP contribution in [0.1, 0.15) is 6.92 Å². The predicted molar refractivity (Wildman–Crippen MR) is 91.6 cm³/mol. The van der Waals surface area contributed by atoms with Gasteiger partial charge in [-0.2, -0.15) is 0 Å². The van der Waals surface area contributed by atoms with Crippen LogP contribution >= 0.6 is 11.3 Å². The Kier molecular flexibility index (Phi) is 4.16. The van der Waals surface area contributed by atoms with Crippen molar-refractivity contribution in [2.75, 3.05) is 10.6 Å². The Morgan fingerprint density at radius 3 is 2.59 bits per heavy atom. The summed E-state index contributed by atoms with van der Waals surface area (Å²) in [7, 11) is 0. The van der Waals surface area contributed by atoms with Crippen LogP contribution in [0.5, 0.6) is 0 Å². The highest BCUT2D eigenvalue weighted by Gasteiger charge is 2.05. The zero-order valence-electron chi connectivity index (χ0n) is 12.0. The lowest BCUT2D eigenvalue weighted by Gasteiger charge is -2.06. The molecule has 4 nitrogen and oxygen atoms in total. The van der Waals surface area contributed by atoms with Crippen LogP contribution in [0.3, 0.4) is 0 Å². The van der Waals surface area contributed by atoms with Crippen molar-refractivity contribution in [1.29, 1.82) is 0 Å². The average molecular weight is 309 g/mol. The smallest absolute Gasteiger partial charge is 0.221 e. The number of hydrogen-bond donors (Lipinski definition) is 2. The fourth-order valence-electron chi connectivity index (χ4n) is 2.07. The van der Waals surface area contributed by atoms with Gasteiger partial charge in [0.15, 0.2) is 5.13 Å². The predicted octanol–water partition coefficient (Wildman–Crippen LogP) is 4.51. The molecule has 1 aromatic heterocycles. The highest BCUT2D eigenvalue weighted by Crippen LogP contribution is 2.27. The van der Waals surface area contributed by atoms with Gasteiger partial charge < -0.3 is 10.6 Å². The molecule has 0 atom stereocenters. The van der Waals surface area contributed by atoms with E-state index in [0.717, 1.165) is 27.8 Å². The molecule has 110 valence electrons. The normalized spacial score (nSPS) is 10.2. The molecule has 0 spiro atoms. The van der Waals surface area contributed by atoms with Crippen molar-refractivity contribution in [3.63, 3.8) is 0 Å². The first-order valence-electron chi connectivity index (χ1n) is 6.86. The largest absolute Gasteiger partial charge is 0.331 e. The van der Waals surface area contributed by atoms with Crippen molar-refractivity contribution in [1.82, 2.24) is 4.98 Å². The Morgan fingerprint density at radius 2 is 1.82 bits per heavy atom. The number of carbonyl (C=O) groups is 1. The van der Waals surface area contributed by atoms with Gasteiger partial charge in [-0.15, -0.1) is 11.3 Å². The summed E-state index contributed by atoms with van der Waals surface area (Å²) in [6, 6.07) is 17.6. The van der Waals surface area contributed by atoms with E-state index in [4.69, 9.17) is 0 Å². The van der Waals surface area contributed by atoms with Crippen molar-refractivity contribution in [2.45, 2.75) is 6.92 Å². The minimum absolute atomic E-state index is 0.0854. The molecule has 1 heterocycles. The van der Waals surface area contributed by atoms with E-state index in [0.29, 0.717) is 0 Å². The van der Waals surface area contributed by atoms with Gasteiger partial charge in [0.2, 0.25) is 5.91 Å². The fraction of sp³-hybridized carbons (Fsp3) is 0.0588. The summed E-state index contributed by atoms with van der Waals surface area (Å²) in [6.45, 7) is 1.49. The summed E-state index contributed by atoms with van der Waals surface area (Å²) in [5, 5.41) is 8.87. The van der Waals surface area contributed by atoms with Crippen LogP contribution in [-0.2, 0) is 4.79 Å². The molecular formula is C17H15N3OS. The molecule has 0 saturated heterocycles. The number of anilines is 3. The SMILES string of the molecule is CC(=O)Nc1cccc(Nc2nc(-c3ccccc3)cs2)c1. The maximum Gasteiger partial charge on any atom is 0.221 e. The molecule has 0 bridgehead atoms. The van der Waals surface area contributed by atoms with Crippen molar-refractivity contribution < 1.29 is 4.79 Å². The number of rotatable bonds is 4. The number of benzene rings is 2. The number of nitrogens with zero attached hydrogens (tertiary/aromatic N) is 1. The number of carbonyl (C=O) groups excluding carboxylic acids is 1. The van der Waals surface area contributed by atoms with Gasteiger partial charge in [0.1, 0.15) is 0 Å². The summed E-state index contributed by atoms with van der Waals surface area (Å²) in [5.74, 6) is -0.0854. The molecular weight excluding hydrogens is 294 g/mol. The van der Waals surface area contributed by atoms with E-state index < -0.39 is 0 Å². The van der Waals surface area contributed by atoms with E-state index in [-0.39, 0.29) is 5.91 Å². The van der Waals surface area contributed by atoms with E-state index in [2.05, 4.69) is 15.6 Å². The molecule has 2 aromatic carbocycles. The molecule has 0 radical (unpaired) electrons. The van der Waals surface area contributed by atoms with Crippen LogP contribution in [0, 0.1) is 0 Å². The standard InChI is InChI=1S/C17H15N3OS/c1-12(21)18-14-8-5-9-15(10-14)19-17-20-16(11-22-17)13-6-3-2-4-7-13/h2-11H,1H3,(H,18,21)(H,19,20). The lowest BCUT2D eigenvalue weighted by molar-refractivity contribution is -0.114. The minimum Gasteiger partial charge on any atom is -0.331 e. The first-order valence-corrected chi connectivity index (χ1v) is 7.74. The van der Waals surface area contributed by atoms with Gasteiger partial charge in [0.05, 0.1) is 5.69 Å². The third kappa shape index (κ3) is 3.51. The van der Waals surface area contributed by atoms with Gasteiger partial charge in [-0.3, -0.25) is 4.79 Å². The second-order valence-corrected chi connectivity index (χ2v) is 5.65. The van der Waals surface area contributed by atoms with E-state index >= 15 is 0 Å². The van der Waals surface area contributed by atoms with Gasteiger partial charge in [-0.1, -0.05) is 36.4 Å². The quantitative estimate of drug-likeness (QED) is 0.745. The molecule has 0 fully saturated rings. The maximum atomic E-state index is 11.1. The first kappa shape index (κ1) is 14.3. The van der Waals surface area contributed by atoms with Crippen LogP contribution in [0.15, 0.2) is 60.0 Å². The molecule has 5 heteroatoms. The zero-order valence-corrected chi connectivity index (χ0v) is 12.9. The van der Waals surface area contributed by atoms with E-state index in [1.165, 1.54) is 6.92 Å². The summed E-state index contributed by atoms with van der Waals surface area (Å²) in [5.41, 5.74) is 3.70. The topological polar surface area (TPSA) is 54.0 Å². The van der Waals surface area contributed by atoms with E-state index in [1.54, 1.807) is 11.3 Å². The molecule has 0 aliphatic rings. The Balaban J connectivity index is 1.77. The second kappa shape index (κ2) is 6.41. The van der Waals surface area contributed by atoms with Crippen molar-refractivity contribution >= 4 is 33.8 Å². The van der Waals surface area contributed by atoms with Crippen molar-refractivity contribution in [3.05, 3.63) is 60.0 Å². The molecule has 22 heavy (non-hydrogen) atoms. The Hall–Kier alpha value is -2.66. The van der Waals surface area contributed by atoms with Crippen LogP contribution in [-0.4, -0.2) is 10.9 Å². The zero-order chi connectivity index (χ0) is 15.4. The van der Waals surface area contributed by atoms with Gasteiger partial charge in [0.25, 0.3) is 0 Å². The van der Waals surface area contributed by atoms with Gasteiger partial charge in [-0.05, 0) is 18.2 Å². The fourth-order valence-corrected chi connectivity index (χ4v) is 2.81. The monoisotopic (exact) mass is 309 g/mol. The Bertz CT molecular complexity index is 783. The third-order valence-corrected chi connectivity index (χ3v) is 3.77. The molecule has 3 aromatic rings. The molecule has 3 rings (SSSR count). The van der Waals surface area contributed by atoms with Crippen LogP contribution in [0.4, 0.5) is 16.5 Å². The Morgan fingerprint density at radius 1 is 1.05 bits per heavy atom.